The highest BCUT2D eigenvalue weighted by Crippen LogP contribution is 2.41. The minimum atomic E-state index is -0.256. The lowest BCUT2D eigenvalue weighted by Crippen LogP contribution is -2.30. The molecule has 1 atom stereocenters. The van der Waals surface area contributed by atoms with Gasteiger partial charge in [-0.3, -0.25) is 5.84 Å². The quantitative estimate of drug-likeness (QED) is 0.634. The fourth-order valence-corrected chi connectivity index (χ4v) is 3.53. The lowest BCUT2D eigenvalue weighted by atomic mass is 9.76. The fourth-order valence-electron chi connectivity index (χ4n) is 2.95. The molecule has 2 nitrogen and oxygen atoms in total. The van der Waals surface area contributed by atoms with E-state index in [1.807, 2.05) is 6.07 Å². The third-order valence-corrected chi connectivity index (χ3v) is 4.98. The van der Waals surface area contributed by atoms with Crippen molar-refractivity contribution in [3.8, 4) is 0 Å². The summed E-state index contributed by atoms with van der Waals surface area (Å²) in [5, 5.41) is 0. The summed E-state index contributed by atoms with van der Waals surface area (Å²) < 4.78 is 14.0. The maximum atomic E-state index is 13.3. The summed E-state index contributed by atoms with van der Waals surface area (Å²) in [5.74, 6) is 6.17. The lowest BCUT2D eigenvalue weighted by Gasteiger charge is -2.30. The molecule has 0 heterocycles. The second-order valence-electron chi connectivity index (χ2n) is 5.52. The predicted octanol–water partition coefficient (Wildman–Crippen LogP) is 4.41. The van der Waals surface area contributed by atoms with E-state index >= 15 is 0 Å². The number of hydrogen-bond acceptors (Lipinski definition) is 2. The Morgan fingerprint density at radius 1 is 1.14 bits per heavy atom. The van der Waals surface area contributed by atoms with Crippen LogP contribution in [0.15, 0.2) is 46.9 Å². The Morgan fingerprint density at radius 2 is 1.90 bits per heavy atom. The van der Waals surface area contributed by atoms with Gasteiger partial charge in [-0.15, -0.1) is 0 Å². The van der Waals surface area contributed by atoms with Gasteiger partial charge in [-0.1, -0.05) is 52.7 Å². The maximum absolute atomic E-state index is 13.3. The van der Waals surface area contributed by atoms with Crippen LogP contribution in [0.25, 0.3) is 0 Å². The van der Waals surface area contributed by atoms with E-state index in [4.69, 9.17) is 5.84 Å². The molecule has 0 bridgehead atoms. The smallest absolute Gasteiger partial charge is 0.124 e. The zero-order valence-electron chi connectivity index (χ0n) is 11.7. The Labute approximate surface area is 132 Å². The van der Waals surface area contributed by atoms with Gasteiger partial charge < -0.3 is 0 Å². The van der Waals surface area contributed by atoms with Gasteiger partial charge in [0, 0.05) is 4.47 Å². The molecule has 3 N–H and O–H groups in total. The molecule has 1 fully saturated rings. The molecule has 1 aliphatic carbocycles. The minimum absolute atomic E-state index is 0.142. The third-order valence-electron chi connectivity index (χ3n) is 4.29. The predicted molar refractivity (Wildman–Crippen MR) is 86.3 cm³/mol. The van der Waals surface area contributed by atoms with Gasteiger partial charge >= 0.3 is 0 Å². The molecule has 0 amide bonds. The van der Waals surface area contributed by atoms with E-state index in [0.717, 1.165) is 10.0 Å². The van der Waals surface area contributed by atoms with Gasteiger partial charge in [0.05, 0.1) is 6.04 Å². The van der Waals surface area contributed by atoms with Gasteiger partial charge in [0.25, 0.3) is 0 Å². The van der Waals surface area contributed by atoms with Crippen LogP contribution in [-0.2, 0) is 0 Å². The first-order valence-corrected chi connectivity index (χ1v) is 8.00. The summed E-state index contributed by atoms with van der Waals surface area (Å²) in [7, 11) is 0. The topological polar surface area (TPSA) is 38.0 Å². The molecule has 0 radical (unpaired) electrons. The highest BCUT2D eigenvalue weighted by atomic mass is 79.9. The summed E-state index contributed by atoms with van der Waals surface area (Å²) in [6, 6.07) is 13.0. The molecule has 1 aliphatic rings. The standard InChI is InChI=1S/C17H18BrFN2/c18-16-10-12(19)8-9-15(16)17(21-20)14-7-2-1-6-13(14)11-4-3-5-11/h1-2,6-11,17,21H,3-5,20H2. The van der Waals surface area contributed by atoms with Gasteiger partial charge in [-0.05, 0) is 47.6 Å². The molecule has 21 heavy (non-hydrogen) atoms. The highest BCUT2D eigenvalue weighted by molar-refractivity contribution is 9.10. The van der Waals surface area contributed by atoms with Crippen LogP contribution in [0, 0.1) is 5.82 Å². The van der Waals surface area contributed by atoms with Crippen LogP contribution in [0.3, 0.4) is 0 Å². The minimum Gasteiger partial charge on any atom is -0.271 e. The normalized spacial score (nSPS) is 16.5. The van der Waals surface area contributed by atoms with Crippen molar-refractivity contribution in [2.24, 2.45) is 5.84 Å². The van der Waals surface area contributed by atoms with Crippen LogP contribution < -0.4 is 11.3 Å². The van der Waals surface area contributed by atoms with Crippen LogP contribution >= 0.6 is 15.9 Å². The molecule has 2 aromatic carbocycles. The molecular weight excluding hydrogens is 331 g/mol. The van der Waals surface area contributed by atoms with Gasteiger partial charge in [0.1, 0.15) is 5.82 Å². The van der Waals surface area contributed by atoms with Crippen molar-refractivity contribution in [3.05, 3.63) is 69.4 Å². The molecule has 2 aromatic rings. The van der Waals surface area contributed by atoms with Crippen molar-refractivity contribution < 1.29 is 4.39 Å². The van der Waals surface area contributed by atoms with Crippen LogP contribution in [0.5, 0.6) is 0 Å². The van der Waals surface area contributed by atoms with Gasteiger partial charge in [-0.25, -0.2) is 9.82 Å². The molecule has 0 aliphatic heterocycles. The van der Waals surface area contributed by atoms with E-state index in [0.29, 0.717) is 5.92 Å². The second kappa shape index (κ2) is 6.26. The summed E-state index contributed by atoms with van der Waals surface area (Å²) in [6.45, 7) is 0. The Bertz CT molecular complexity index is 640. The van der Waals surface area contributed by atoms with Crippen LogP contribution in [0.2, 0.25) is 0 Å². The van der Waals surface area contributed by atoms with Gasteiger partial charge in [-0.2, -0.15) is 0 Å². The average molecular weight is 349 g/mol. The van der Waals surface area contributed by atoms with Crippen molar-refractivity contribution in [2.75, 3.05) is 0 Å². The lowest BCUT2D eigenvalue weighted by molar-refractivity contribution is 0.414. The largest absolute Gasteiger partial charge is 0.271 e. The van der Waals surface area contributed by atoms with Crippen molar-refractivity contribution in [3.63, 3.8) is 0 Å². The second-order valence-corrected chi connectivity index (χ2v) is 6.38. The van der Waals surface area contributed by atoms with E-state index < -0.39 is 0 Å². The summed E-state index contributed by atoms with van der Waals surface area (Å²) in [4.78, 5) is 0. The Balaban J connectivity index is 2.03. The van der Waals surface area contributed by atoms with Crippen LogP contribution in [-0.4, -0.2) is 0 Å². The van der Waals surface area contributed by atoms with E-state index in [1.54, 1.807) is 6.07 Å². The maximum Gasteiger partial charge on any atom is 0.124 e. The Hall–Kier alpha value is -1.23. The number of halogens is 2. The third kappa shape index (κ3) is 2.89. The number of hydrazine groups is 1. The van der Waals surface area contributed by atoms with Gasteiger partial charge in [0.2, 0.25) is 0 Å². The van der Waals surface area contributed by atoms with Crippen molar-refractivity contribution in [1.29, 1.82) is 0 Å². The van der Waals surface area contributed by atoms with E-state index in [-0.39, 0.29) is 11.9 Å². The number of nitrogens with two attached hydrogens (primary N) is 1. The summed E-state index contributed by atoms with van der Waals surface area (Å²) in [5.41, 5.74) is 6.36. The molecule has 0 spiro atoms. The Morgan fingerprint density at radius 3 is 2.52 bits per heavy atom. The molecule has 3 rings (SSSR count). The monoisotopic (exact) mass is 348 g/mol. The molecule has 0 aromatic heterocycles. The molecule has 4 heteroatoms. The average Bonchev–Trinajstić information content (AvgIpc) is 2.41. The van der Waals surface area contributed by atoms with E-state index in [1.165, 1.54) is 42.5 Å². The number of hydrogen-bond donors (Lipinski definition) is 2. The number of benzene rings is 2. The SMILES string of the molecule is NNC(c1ccc(F)cc1Br)c1ccccc1C1CCC1. The van der Waals surface area contributed by atoms with Crippen molar-refractivity contribution in [2.45, 2.75) is 31.2 Å². The number of nitrogens with one attached hydrogen (secondary N) is 1. The molecule has 1 saturated carbocycles. The van der Waals surface area contributed by atoms with Crippen molar-refractivity contribution in [1.82, 2.24) is 5.43 Å². The fraction of sp³-hybridized carbons (Fsp3) is 0.294. The molecule has 0 saturated heterocycles. The molecule has 1 unspecified atom stereocenters. The summed E-state index contributed by atoms with van der Waals surface area (Å²) in [6.07, 6.45) is 3.76. The van der Waals surface area contributed by atoms with Crippen LogP contribution in [0.1, 0.15) is 47.9 Å². The zero-order valence-corrected chi connectivity index (χ0v) is 13.2. The number of rotatable bonds is 4. The highest BCUT2D eigenvalue weighted by Gasteiger charge is 2.26. The van der Waals surface area contributed by atoms with E-state index in [2.05, 4.69) is 39.6 Å². The van der Waals surface area contributed by atoms with Crippen molar-refractivity contribution >= 4 is 15.9 Å². The first kappa shape index (κ1) is 14.7. The van der Waals surface area contributed by atoms with Gasteiger partial charge in [0.15, 0.2) is 0 Å². The molecular formula is C17H18BrFN2. The van der Waals surface area contributed by atoms with E-state index in [9.17, 15) is 4.39 Å². The zero-order chi connectivity index (χ0) is 14.8. The first-order chi connectivity index (χ1) is 10.2. The molecule has 110 valence electrons. The van der Waals surface area contributed by atoms with Crippen LogP contribution in [0.4, 0.5) is 4.39 Å². The Kier molecular flexibility index (Phi) is 4.38. The summed E-state index contributed by atoms with van der Waals surface area (Å²) >= 11 is 3.44. The first-order valence-electron chi connectivity index (χ1n) is 7.20.